The molecule has 1 aliphatic carbocycles. The molecule has 7 nitrogen and oxygen atoms in total. The SMILES string of the molecule is COC(=O)C1=C(CN2CCC(=O)CC2)NC(c2ccccn2)=NC1C1C=CC(F)=CC1(C)Cl. The predicted molar refractivity (Wildman–Crippen MR) is 123 cm³/mol. The number of ether oxygens (including phenoxy) is 1. The van der Waals surface area contributed by atoms with E-state index in [0.717, 1.165) is 0 Å². The Morgan fingerprint density at radius 3 is 2.76 bits per heavy atom. The molecule has 0 amide bonds. The average molecular weight is 473 g/mol. The van der Waals surface area contributed by atoms with Crippen LogP contribution in [0.2, 0.25) is 0 Å². The highest BCUT2D eigenvalue weighted by molar-refractivity contribution is 6.25. The number of nitrogens with zero attached hydrogens (tertiary/aromatic N) is 3. The second kappa shape index (κ2) is 9.57. The summed E-state index contributed by atoms with van der Waals surface area (Å²) in [6.07, 6.45) is 6.94. The van der Waals surface area contributed by atoms with Crippen LogP contribution in [0, 0.1) is 5.92 Å². The van der Waals surface area contributed by atoms with Crippen LogP contribution >= 0.6 is 11.6 Å². The fraction of sp³-hybridized carbons (Fsp3) is 0.417. The predicted octanol–water partition coefficient (Wildman–Crippen LogP) is 2.93. The Morgan fingerprint density at radius 1 is 1.36 bits per heavy atom. The molecule has 4 rings (SSSR count). The van der Waals surface area contributed by atoms with Gasteiger partial charge >= 0.3 is 5.97 Å². The fourth-order valence-corrected chi connectivity index (χ4v) is 4.69. The van der Waals surface area contributed by atoms with Crippen LogP contribution in [-0.2, 0) is 14.3 Å². The summed E-state index contributed by atoms with van der Waals surface area (Å²) in [6, 6.07) is 4.75. The lowest BCUT2D eigenvalue weighted by molar-refractivity contribution is -0.136. The van der Waals surface area contributed by atoms with E-state index in [1.54, 1.807) is 25.3 Å². The van der Waals surface area contributed by atoms with Gasteiger partial charge in [-0.25, -0.2) is 9.18 Å². The molecule has 1 aromatic rings. The number of likely N-dealkylation sites (tertiary alicyclic amines) is 1. The summed E-state index contributed by atoms with van der Waals surface area (Å²) in [5, 5.41) is 3.28. The Hall–Kier alpha value is -2.84. The van der Waals surface area contributed by atoms with Crippen LogP contribution in [0.5, 0.6) is 0 Å². The zero-order chi connectivity index (χ0) is 23.6. The molecule has 3 atom stereocenters. The molecule has 1 saturated heterocycles. The van der Waals surface area contributed by atoms with Gasteiger partial charge < -0.3 is 10.1 Å². The molecule has 0 bridgehead atoms. The molecule has 3 aliphatic rings. The molecule has 2 aliphatic heterocycles. The number of aliphatic imine (C=N–C) groups is 1. The monoisotopic (exact) mass is 472 g/mol. The molecule has 33 heavy (non-hydrogen) atoms. The van der Waals surface area contributed by atoms with Crippen LogP contribution in [0.3, 0.4) is 0 Å². The van der Waals surface area contributed by atoms with E-state index in [4.69, 9.17) is 21.3 Å². The molecule has 0 radical (unpaired) electrons. The fourth-order valence-electron chi connectivity index (χ4n) is 4.39. The molecule has 3 unspecified atom stereocenters. The van der Waals surface area contributed by atoms with Gasteiger partial charge in [0.2, 0.25) is 0 Å². The first-order valence-electron chi connectivity index (χ1n) is 10.9. The third kappa shape index (κ3) is 5.07. The quantitative estimate of drug-likeness (QED) is 0.524. The lowest BCUT2D eigenvalue weighted by Gasteiger charge is -2.38. The molecule has 0 aromatic carbocycles. The number of hydrogen-bond donors (Lipinski definition) is 1. The summed E-state index contributed by atoms with van der Waals surface area (Å²) in [5.74, 6) is -0.750. The molecular formula is C24H26ClFN4O3. The van der Waals surface area contributed by atoms with Gasteiger partial charge in [0.1, 0.15) is 17.3 Å². The number of nitrogens with one attached hydrogen (secondary N) is 1. The number of alkyl halides is 1. The van der Waals surface area contributed by atoms with Crippen molar-refractivity contribution in [1.29, 1.82) is 0 Å². The van der Waals surface area contributed by atoms with E-state index in [0.29, 0.717) is 55.3 Å². The molecular weight excluding hydrogens is 447 g/mol. The van der Waals surface area contributed by atoms with Gasteiger partial charge in [-0.2, -0.15) is 0 Å². The zero-order valence-electron chi connectivity index (χ0n) is 18.6. The first kappa shape index (κ1) is 23.3. The highest BCUT2D eigenvalue weighted by atomic mass is 35.5. The summed E-state index contributed by atoms with van der Waals surface area (Å²) >= 11 is 6.73. The molecule has 9 heteroatoms. The average Bonchev–Trinajstić information content (AvgIpc) is 2.79. The normalized spacial score (nSPS) is 28.2. The number of allylic oxidation sites excluding steroid dienone is 3. The van der Waals surface area contributed by atoms with Crippen molar-refractivity contribution >= 4 is 29.2 Å². The number of hydrogen-bond acceptors (Lipinski definition) is 7. The number of Topliss-reactive ketones (excluding diaryl/α,β-unsaturated/α-hetero) is 1. The highest BCUT2D eigenvalue weighted by Crippen LogP contribution is 2.40. The van der Waals surface area contributed by atoms with Gasteiger partial charge in [0.25, 0.3) is 0 Å². The Morgan fingerprint density at radius 2 is 2.12 bits per heavy atom. The zero-order valence-corrected chi connectivity index (χ0v) is 19.3. The van der Waals surface area contributed by atoms with Crippen molar-refractivity contribution in [3.63, 3.8) is 0 Å². The minimum Gasteiger partial charge on any atom is -0.466 e. The smallest absolute Gasteiger partial charge is 0.337 e. The number of pyridine rings is 1. The second-order valence-electron chi connectivity index (χ2n) is 8.53. The van der Waals surface area contributed by atoms with Gasteiger partial charge in [0, 0.05) is 50.3 Å². The third-order valence-electron chi connectivity index (χ3n) is 6.14. The van der Waals surface area contributed by atoms with Crippen LogP contribution in [0.15, 0.2) is 64.7 Å². The summed E-state index contributed by atoms with van der Waals surface area (Å²) in [7, 11) is 1.32. The molecule has 0 saturated carbocycles. The van der Waals surface area contributed by atoms with Crippen LogP contribution in [-0.4, -0.2) is 65.1 Å². The van der Waals surface area contributed by atoms with E-state index in [9.17, 15) is 14.0 Å². The van der Waals surface area contributed by atoms with E-state index in [-0.39, 0.29) is 5.78 Å². The minimum atomic E-state index is -1.11. The van der Waals surface area contributed by atoms with Crippen LogP contribution in [0.25, 0.3) is 0 Å². The maximum atomic E-state index is 14.0. The van der Waals surface area contributed by atoms with Crippen molar-refractivity contribution in [2.24, 2.45) is 10.9 Å². The third-order valence-corrected chi connectivity index (χ3v) is 6.50. The van der Waals surface area contributed by atoms with Crippen LogP contribution < -0.4 is 5.32 Å². The summed E-state index contributed by atoms with van der Waals surface area (Å²) in [4.78, 5) is 34.9. The van der Waals surface area contributed by atoms with Gasteiger partial charge in [-0.05, 0) is 31.2 Å². The highest BCUT2D eigenvalue weighted by Gasteiger charge is 2.44. The first-order chi connectivity index (χ1) is 15.8. The number of methoxy groups -OCH3 is 1. The largest absolute Gasteiger partial charge is 0.466 e. The topological polar surface area (TPSA) is 83.9 Å². The number of carbonyl (C=O) groups is 2. The molecule has 1 fully saturated rings. The van der Waals surface area contributed by atoms with E-state index in [1.807, 2.05) is 12.1 Å². The van der Waals surface area contributed by atoms with Crippen molar-refractivity contribution in [3.8, 4) is 0 Å². The first-order valence-corrected chi connectivity index (χ1v) is 11.2. The molecule has 1 N–H and O–H groups in total. The molecule has 3 heterocycles. The van der Waals surface area contributed by atoms with Gasteiger partial charge in [0.05, 0.1) is 23.6 Å². The number of amidine groups is 1. The Labute approximate surface area is 197 Å². The number of halogens is 2. The number of piperidine rings is 1. The molecule has 174 valence electrons. The van der Waals surface area contributed by atoms with Crippen molar-refractivity contribution in [1.82, 2.24) is 15.2 Å². The van der Waals surface area contributed by atoms with Crippen molar-refractivity contribution < 1.29 is 18.7 Å². The molecule has 1 aromatic heterocycles. The summed E-state index contributed by atoms with van der Waals surface area (Å²) in [5.41, 5.74) is 1.56. The lowest BCUT2D eigenvalue weighted by Crippen LogP contribution is -2.47. The van der Waals surface area contributed by atoms with E-state index >= 15 is 0 Å². The van der Waals surface area contributed by atoms with E-state index in [1.165, 1.54) is 19.3 Å². The minimum absolute atomic E-state index is 0.234. The lowest BCUT2D eigenvalue weighted by atomic mass is 9.79. The maximum absolute atomic E-state index is 14.0. The van der Waals surface area contributed by atoms with Gasteiger partial charge in [-0.1, -0.05) is 12.1 Å². The van der Waals surface area contributed by atoms with E-state index < -0.39 is 28.6 Å². The number of rotatable bonds is 5. The number of carbonyl (C=O) groups excluding carboxylic acids is 2. The summed E-state index contributed by atoms with van der Waals surface area (Å²) < 4.78 is 19.1. The van der Waals surface area contributed by atoms with E-state index in [2.05, 4.69) is 15.2 Å². The standard InChI is InChI=1S/C24H26ClFN4O3/c1-24(25)13-15(26)6-7-17(24)21-20(23(32)33-2)19(14-30-11-8-16(31)9-12-30)28-22(29-21)18-5-3-4-10-27-18/h3-7,10,13,17,21H,8-9,11-12,14H2,1-2H3,(H,28,29). The van der Waals surface area contributed by atoms with Crippen molar-refractivity contribution in [2.45, 2.75) is 30.7 Å². The second-order valence-corrected chi connectivity index (χ2v) is 9.34. The Balaban J connectivity index is 1.79. The van der Waals surface area contributed by atoms with Gasteiger partial charge in [0.15, 0.2) is 5.84 Å². The van der Waals surface area contributed by atoms with Crippen LogP contribution in [0.4, 0.5) is 4.39 Å². The summed E-state index contributed by atoms with van der Waals surface area (Å²) in [6.45, 7) is 3.30. The number of esters is 1. The Bertz CT molecular complexity index is 1050. The van der Waals surface area contributed by atoms with Crippen molar-refractivity contribution in [2.75, 3.05) is 26.7 Å². The number of aromatic nitrogens is 1. The number of ketones is 1. The van der Waals surface area contributed by atoms with Gasteiger partial charge in [-0.15, -0.1) is 11.6 Å². The Kier molecular flexibility index (Phi) is 6.76. The van der Waals surface area contributed by atoms with Gasteiger partial charge in [-0.3, -0.25) is 19.7 Å². The van der Waals surface area contributed by atoms with Crippen molar-refractivity contribution in [3.05, 3.63) is 65.4 Å². The maximum Gasteiger partial charge on any atom is 0.337 e. The molecule has 0 spiro atoms. The van der Waals surface area contributed by atoms with Crippen LogP contribution in [0.1, 0.15) is 25.5 Å².